The van der Waals surface area contributed by atoms with Crippen LogP contribution in [0.4, 0.5) is 5.69 Å². The van der Waals surface area contributed by atoms with Crippen molar-refractivity contribution in [3.63, 3.8) is 0 Å². The molecule has 0 saturated carbocycles. The standard InChI is InChI=1S/C20H23N3O/c21-18-7-6-16(14-4-2-1-3-5-14)12-17(18)20(24)22-19-13-23-10-8-15(19)9-11-23/h1-7,12,15,19H,8-11,13,21H2,(H,22,24)/t19-/m0/s1. The summed E-state index contributed by atoms with van der Waals surface area (Å²) in [4.78, 5) is 15.2. The van der Waals surface area contributed by atoms with Gasteiger partial charge in [-0.15, -0.1) is 0 Å². The summed E-state index contributed by atoms with van der Waals surface area (Å²) in [5, 5.41) is 3.23. The molecule has 2 aromatic rings. The number of amides is 1. The third kappa shape index (κ3) is 2.89. The number of fused-ring (bicyclic) bond motifs is 3. The van der Waals surface area contributed by atoms with Gasteiger partial charge in [0, 0.05) is 18.3 Å². The Morgan fingerprint density at radius 1 is 1.04 bits per heavy atom. The molecule has 0 radical (unpaired) electrons. The van der Waals surface area contributed by atoms with Gasteiger partial charge in [0.05, 0.1) is 5.56 Å². The first-order valence-corrected chi connectivity index (χ1v) is 8.69. The average Bonchev–Trinajstić information content (AvgIpc) is 2.64. The number of benzene rings is 2. The number of piperidine rings is 3. The Morgan fingerprint density at radius 2 is 1.79 bits per heavy atom. The van der Waals surface area contributed by atoms with Gasteiger partial charge in [-0.3, -0.25) is 4.79 Å². The average molecular weight is 321 g/mol. The number of anilines is 1. The summed E-state index contributed by atoms with van der Waals surface area (Å²) in [6, 6.07) is 16.0. The summed E-state index contributed by atoms with van der Waals surface area (Å²) in [5.74, 6) is 0.557. The maximum atomic E-state index is 12.8. The number of hydrogen-bond acceptors (Lipinski definition) is 3. The predicted molar refractivity (Wildman–Crippen MR) is 96.7 cm³/mol. The van der Waals surface area contributed by atoms with Crippen molar-refractivity contribution in [2.24, 2.45) is 5.92 Å². The largest absolute Gasteiger partial charge is 0.398 e. The summed E-state index contributed by atoms with van der Waals surface area (Å²) in [7, 11) is 0. The highest BCUT2D eigenvalue weighted by Crippen LogP contribution is 2.28. The quantitative estimate of drug-likeness (QED) is 0.855. The lowest BCUT2D eigenvalue weighted by atomic mass is 9.84. The Bertz CT molecular complexity index is 736. The molecule has 3 fully saturated rings. The lowest BCUT2D eigenvalue weighted by molar-refractivity contribution is 0.0621. The fraction of sp³-hybridized carbons (Fsp3) is 0.350. The minimum absolute atomic E-state index is 0.0518. The summed E-state index contributed by atoms with van der Waals surface area (Å²) >= 11 is 0. The Kier molecular flexibility index (Phi) is 3.98. The molecule has 3 saturated heterocycles. The minimum Gasteiger partial charge on any atom is -0.398 e. The van der Waals surface area contributed by atoms with E-state index >= 15 is 0 Å². The highest BCUT2D eigenvalue weighted by Gasteiger charge is 2.35. The number of carbonyl (C=O) groups is 1. The second kappa shape index (κ2) is 6.29. The molecule has 4 heteroatoms. The third-order valence-corrected chi connectivity index (χ3v) is 5.38. The zero-order valence-electron chi connectivity index (χ0n) is 13.7. The van der Waals surface area contributed by atoms with Crippen molar-refractivity contribution in [1.82, 2.24) is 10.2 Å². The van der Waals surface area contributed by atoms with Gasteiger partial charge >= 0.3 is 0 Å². The summed E-state index contributed by atoms with van der Waals surface area (Å²) in [6.45, 7) is 3.31. The monoisotopic (exact) mass is 321 g/mol. The Balaban J connectivity index is 1.56. The Labute approximate surface area is 142 Å². The molecule has 3 heterocycles. The smallest absolute Gasteiger partial charge is 0.253 e. The summed E-state index contributed by atoms with van der Waals surface area (Å²) in [6.07, 6.45) is 2.37. The van der Waals surface area contributed by atoms with Crippen LogP contribution >= 0.6 is 0 Å². The minimum atomic E-state index is -0.0518. The number of rotatable bonds is 3. The Hall–Kier alpha value is -2.33. The molecule has 0 spiro atoms. The van der Waals surface area contributed by atoms with Gasteiger partial charge in [0.25, 0.3) is 5.91 Å². The summed E-state index contributed by atoms with van der Waals surface area (Å²) < 4.78 is 0. The molecule has 24 heavy (non-hydrogen) atoms. The molecule has 1 amide bonds. The molecular formula is C20H23N3O. The van der Waals surface area contributed by atoms with Gasteiger partial charge in [-0.1, -0.05) is 36.4 Å². The molecular weight excluding hydrogens is 298 g/mol. The zero-order valence-corrected chi connectivity index (χ0v) is 13.7. The van der Waals surface area contributed by atoms with Gasteiger partial charge in [-0.25, -0.2) is 0 Å². The second-order valence-corrected chi connectivity index (χ2v) is 6.89. The SMILES string of the molecule is Nc1ccc(-c2ccccc2)cc1C(=O)N[C@H]1CN2CCC1CC2. The van der Waals surface area contributed by atoms with Crippen LogP contribution in [-0.4, -0.2) is 36.5 Å². The van der Waals surface area contributed by atoms with Crippen LogP contribution in [-0.2, 0) is 0 Å². The molecule has 0 aliphatic carbocycles. The van der Waals surface area contributed by atoms with Gasteiger partial charge < -0.3 is 16.0 Å². The fourth-order valence-corrected chi connectivity index (χ4v) is 3.94. The van der Waals surface area contributed by atoms with Crippen LogP contribution in [0.3, 0.4) is 0 Å². The molecule has 124 valence electrons. The van der Waals surface area contributed by atoms with E-state index in [1.165, 1.54) is 25.9 Å². The highest BCUT2D eigenvalue weighted by molar-refractivity contribution is 6.00. The van der Waals surface area contributed by atoms with Crippen molar-refractivity contribution >= 4 is 11.6 Å². The Morgan fingerprint density at radius 3 is 2.46 bits per heavy atom. The van der Waals surface area contributed by atoms with Gasteiger partial charge in [0.1, 0.15) is 0 Å². The molecule has 3 aliphatic rings. The first kappa shape index (κ1) is 15.2. The number of nitrogens with one attached hydrogen (secondary N) is 1. The van der Waals surface area contributed by atoms with Crippen LogP contribution in [0.5, 0.6) is 0 Å². The van der Waals surface area contributed by atoms with Gasteiger partial charge in [-0.2, -0.15) is 0 Å². The van der Waals surface area contributed by atoms with E-state index in [2.05, 4.69) is 10.2 Å². The van der Waals surface area contributed by atoms with E-state index in [9.17, 15) is 4.79 Å². The highest BCUT2D eigenvalue weighted by atomic mass is 16.1. The molecule has 5 rings (SSSR count). The number of carbonyl (C=O) groups excluding carboxylic acids is 1. The number of hydrogen-bond donors (Lipinski definition) is 2. The fourth-order valence-electron chi connectivity index (χ4n) is 3.94. The van der Waals surface area contributed by atoms with Crippen LogP contribution in [0.15, 0.2) is 48.5 Å². The van der Waals surface area contributed by atoms with Crippen molar-refractivity contribution in [3.05, 3.63) is 54.1 Å². The lowest BCUT2D eigenvalue weighted by Gasteiger charge is -2.44. The molecule has 4 nitrogen and oxygen atoms in total. The molecule has 1 atom stereocenters. The number of nitrogen functional groups attached to an aromatic ring is 1. The van der Waals surface area contributed by atoms with Crippen molar-refractivity contribution in [1.29, 1.82) is 0 Å². The van der Waals surface area contributed by atoms with E-state index < -0.39 is 0 Å². The van der Waals surface area contributed by atoms with Crippen LogP contribution in [0, 0.1) is 5.92 Å². The topological polar surface area (TPSA) is 58.4 Å². The van der Waals surface area contributed by atoms with Crippen molar-refractivity contribution in [2.45, 2.75) is 18.9 Å². The van der Waals surface area contributed by atoms with Gasteiger partial charge in [0.15, 0.2) is 0 Å². The van der Waals surface area contributed by atoms with E-state index in [1.54, 1.807) is 0 Å². The molecule has 2 aromatic carbocycles. The maximum Gasteiger partial charge on any atom is 0.253 e. The van der Waals surface area contributed by atoms with Crippen LogP contribution in [0.1, 0.15) is 23.2 Å². The number of nitrogens with two attached hydrogens (primary N) is 1. The van der Waals surface area contributed by atoms with E-state index in [1.807, 2.05) is 48.5 Å². The lowest BCUT2D eigenvalue weighted by Crippen LogP contribution is -2.57. The van der Waals surface area contributed by atoms with E-state index in [0.29, 0.717) is 17.2 Å². The normalized spacial score (nSPS) is 25.4. The third-order valence-electron chi connectivity index (χ3n) is 5.38. The molecule has 2 bridgehead atoms. The van der Waals surface area contributed by atoms with Crippen molar-refractivity contribution in [3.8, 4) is 11.1 Å². The predicted octanol–water partition coefficient (Wildman–Crippen LogP) is 2.76. The number of nitrogens with zero attached hydrogens (tertiary/aromatic N) is 1. The summed E-state index contributed by atoms with van der Waals surface area (Å²) in [5.41, 5.74) is 9.30. The van der Waals surface area contributed by atoms with E-state index in [-0.39, 0.29) is 11.9 Å². The first-order chi connectivity index (χ1) is 11.7. The van der Waals surface area contributed by atoms with Crippen molar-refractivity contribution < 1.29 is 4.79 Å². The maximum absolute atomic E-state index is 12.8. The van der Waals surface area contributed by atoms with Gasteiger partial charge in [-0.05, 0) is 55.1 Å². The van der Waals surface area contributed by atoms with Crippen molar-refractivity contribution in [2.75, 3.05) is 25.4 Å². The van der Waals surface area contributed by atoms with E-state index in [4.69, 9.17) is 5.73 Å². The molecule has 0 unspecified atom stereocenters. The molecule has 0 aromatic heterocycles. The van der Waals surface area contributed by atoms with Gasteiger partial charge in [0.2, 0.25) is 0 Å². The second-order valence-electron chi connectivity index (χ2n) is 6.89. The van der Waals surface area contributed by atoms with Crippen LogP contribution in [0.2, 0.25) is 0 Å². The van der Waals surface area contributed by atoms with E-state index in [0.717, 1.165) is 17.7 Å². The van der Waals surface area contributed by atoms with Crippen LogP contribution in [0.25, 0.3) is 11.1 Å². The first-order valence-electron chi connectivity index (χ1n) is 8.69. The van der Waals surface area contributed by atoms with Crippen LogP contribution < -0.4 is 11.1 Å². The molecule has 3 N–H and O–H groups in total. The zero-order chi connectivity index (χ0) is 16.5. The molecule has 3 aliphatic heterocycles.